The predicted octanol–water partition coefficient (Wildman–Crippen LogP) is 2.49. The molecule has 16 heavy (non-hydrogen) atoms. The van der Waals surface area contributed by atoms with Gasteiger partial charge in [-0.15, -0.1) is 0 Å². The summed E-state index contributed by atoms with van der Waals surface area (Å²) in [6.07, 6.45) is 7.00. The van der Waals surface area contributed by atoms with Crippen LogP contribution < -0.4 is 5.32 Å². The van der Waals surface area contributed by atoms with E-state index in [1.807, 2.05) is 0 Å². The Labute approximate surface area is 101 Å². The molecule has 0 aromatic rings. The highest BCUT2D eigenvalue weighted by Gasteiger charge is 2.29. The standard InChI is InChI=1S/C14H28N2/c1-11-8-12(2)10-16(9-11)14-6-4-13(15-3)5-7-14/h11-15H,4-10H2,1-3H3. The molecule has 2 rings (SSSR count). The number of piperidine rings is 1. The Morgan fingerprint density at radius 3 is 2.00 bits per heavy atom. The molecule has 1 aliphatic carbocycles. The number of nitrogens with one attached hydrogen (secondary N) is 1. The van der Waals surface area contributed by atoms with Crippen LogP contribution in [-0.2, 0) is 0 Å². The zero-order valence-corrected chi connectivity index (χ0v) is 11.2. The first-order chi connectivity index (χ1) is 7.69. The second-order valence-electron chi connectivity index (χ2n) is 6.19. The van der Waals surface area contributed by atoms with Crippen LogP contribution in [0.15, 0.2) is 0 Å². The Bertz CT molecular complexity index is 199. The maximum absolute atomic E-state index is 3.43. The van der Waals surface area contributed by atoms with Crippen LogP contribution in [0.25, 0.3) is 0 Å². The third-order valence-electron chi connectivity index (χ3n) is 4.52. The average Bonchev–Trinajstić information content (AvgIpc) is 2.28. The number of likely N-dealkylation sites (tertiary alicyclic amines) is 1. The Morgan fingerprint density at radius 1 is 0.938 bits per heavy atom. The molecule has 94 valence electrons. The first-order valence-electron chi connectivity index (χ1n) is 7.10. The van der Waals surface area contributed by atoms with Crippen molar-refractivity contribution in [1.82, 2.24) is 10.2 Å². The SMILES string of the molecule is CNC1CCC(N2CC(C)CC(C)C2)CC1. The number of hydrogen-bond donors (Lipinski definition) is 1. The predicted molar refractivity (Wildman–Crippen MR) is 69.6 cm³/mol. The van der Waals surface area contributed by atoms with Crippen molar-refractivity contribution >= 4 is 0 Å². The summed E-state index contributed by atoms with van der Waals surface area (Å²) < 4.78 is 0. The molecular formula is C14H28N2. The van der Waals surface area contributed by atoms with Crippen molar-refractivity contribution in [3.8, 4) is 0 Å². The number of rotatable bonds is 2. The van der Waals surface area contributed by atoms with Gasteiger partial charge in [-0.25, -0.2) is 0 Å². The third-order valence-corrected chi connectivity index (χ3v) is 4.52. The van der Waals surface area contributed by atoms with Crippen LogP contribution in [0.5, 0.6) is 0 Å². The molecule has 2 unspecified atom stereocenters. The van der Waals surface area contributed by atoms with E-state index in [0.29, 0.717) is 0 Å². The zero-order valence-electron chi connectivity index (χ0n) is 11.2. The normalized spacial score (nSPS) is 42.2. The highest BCUT2D eigenvalue weighted by molar-refractivity contribution is 4.85. The Hall–Kier alpha value is -0.0800. The molecule has 1 saturated carbocycles. The van der Waals surface area contributed by atoms with Crippen LogP contribution in [0.1, 0.15) is 46.0 Å². The quantitative estimate of drug-likeness (QED) is 0.775. The fraction of sp³-hybridized carbons (Fsp3) is 1.00. The first-order valence-corrected chi connectivity index (χ1v) is 7.10. The van der Waals surface area contributed by atoms with Gasteiger partial charge in [-0.2, -0.15) is 0 Å². The van der Waals surface area contributed by atoms with Gasteiger partial charge in [0, 0.05) is 25.2 Å². The molecule has 1 aliphatic heterocycles. The van der Waals surface area contributed by atoms with E-state index in [2.05, 4.69) is 31.1 Å². The average molecular weight is 224 g/mol. The van der Waals surface area contributed by atoms with E-state index in [1.165, 1.54) is 45.2 Å². The first kappa shape index (κ1) is 12.4. The summed E-state index contributed by atoms with van der Waals surface area (Å²) in [7, 11) is 2.11. The van der Waals surface area contributed by atoms with Gasteiger partial charge in [0.15, 0.2) is 0 Å². The monoisotopic (exact) mass is 224 g/mol. The number of nitrogens with zero attached hydrogens (tertiary/aromatic N) is 1. The molecular weight excluding hydrogens is 196 g/mol. The summed E-state index contributed by atoms with van der Waals surface area (Å²) in [5.74, 6) is 1.82. The van der Waals surface area contributed by atoms with E-state index in [4.69, 9.17) is 0 Å². The van der Waals surface area contributed by atoms with Gasteiger partial charge in [0.1, 0.15) is 0 Å². The van der Waals surface area contributed by atoms with E-state index in [9.17, 15) is 0 Å². The van der Waals surface area contributed by atoms with E-state index < -0.39 is 0 Å². The highest BCUT2D eigenvalue weighted by Crippen LogP contribution is 2.29. The fourth-order valence-corrected chi connectivity index (χ4v) is 3.74. The van der Waals surface area contributed by atoms with Crippen molar-refractivity contribution in [2.75, 3.05) is 20.1 Å². The lowest BCUT2D eigenvalue weighted by atomic mass is 9.85. The van der Waals surface area contributed by atoms with Gasteiger partial charge in [-0.3, -0.25) is 4.90 Å². The topological polar surface area (TPSA) is 15.3 Å². The summed E-state index contributed by atoms with van der Waals surface area (Å²) in [5, 5.41) is 3.43. The van der Waals surface area contributed by atoms with Gasteiger partial charge in [0.05, 0.1) is 0 Å². The lowest BCUT2D eigenvalue weighted by molar-refractivity contribution is 0.0710. The molecule has 2 atom stereocenters. The van der Waals surface area contributed by atoms with Crippen molar-refractivity contribution < 1.29 is 0 Å². The van der Waals surface area contributed by atoms with Crippen molar-refractivity contribution in [3.63, 3.8) is 0 Å². The molecule has 2 heteroatoms. The van der Waals surface area contributed by atoms with Crippen molar-refractivity contribution in [3.05, 3.63) is 0 Å². The molecule has 0 amide bonds. The van der Waals surface area contributed by atoms with E-state index in [-0.39, 0.29) is 0 Å². The molecule has 1 heterocycles. The molecule has 2 aliphatic rings. The van der Waals surface area contributed by atoms with Crippen LogP contribution in [-0.4, -0.2) is 37.1 Å². The maximum Gasteiger partial charge on any atom is 0.00966 e. The van der Waals surface area contributed by atoms with Crippen molar-refractivity contribution in [2.45, 2.75) is 58.0 Å². The summed E-state index contributed by atoms with van der Waals surface area (Å²) in [6.45, 7) is 7.53. The second kappa shape index (κ2) is 5.50. The van der Waals surface area contributed by atoms with Gasteiger partial charge in [-0.05, 0) is 51.0 Å². The van der Waals surface area contributed by atoms with Crippen LogP contribution in [0.4, 0.5) is 0 Å². The minimum absolute atomic E-state index is 0.788. The van der Waals surface area contributed by atoms with Crippen LogP contribution >= 0.6 is 0 Å². The molecule has 0 bridgehead atoms. The lowest BCUT2D eigenvalue weighted by Gasteiger charge is -2.42. The van der Waals surface area contributed by atoms with Gasteiger partial charge < -0.3 is 5.32 Å². The maximum atomic E-state index is 3.43. The van der Waals surface area contributed by atoms with E-state index >= 15 is 0 Å². The molecule has 0 radical (unpaired) electrons. The Kier molecular flexibility index (Phi) is 4.26. The van der Waals surface area contributed by atoms with Crippen LogP contribution in [0.2, 0.25) is 0 Å². The van der Waals surface area contributed by atoms with Crippen LogP contribution in [0, 0.1) is 11.8 Å². The van der Waals surface area contributed by atoms with Gasteiger partial charge in [-0.1, -0.05) is 13.8 Å². The highest BCUT2D eigenvalue weighted by atomic mass is 15.2. The minimum atomic E-state index is 0.788. The van der Waals surface area contributed by atoms with Crippen LogP contribution in [0.3, 0.4) is 0 Å². The van der Waals surface area contributed by atoms with E-state index in [1.54, 1.807) is 0 Å². The second-order valence-corrected chi connectivity index (χ2v) is 6.19. The summed E-state index contributed by atoms with van der Waals surface area (Å²) >= 11 is 0. The van der Waals surface area contributed by atoms with Gasteiger partial charge in [0.25, 0.3) is 0 Å². The molecule has 0 aromatic heterocycles. The van der Waals surface area contributed by atoms with Crippen molar-refractivity contribution in [1.29, 1.82) is 0 Å². The lowest BCUT2D eigenvalue weighted by Crippen LogP contribution is -2.47. The van der Waals surface area contributed by atoms with Gasteiger partial charge in [0.2, 0.25) is 0 Å². The summed E-state index contributed by atoms with van der Waals surface area (Å²) in [6, 6.07) is 1.67. The Balaban J connectivity index is 1.83. The summed E-state index contributed by atoms with van der Waals surface area (Å²) in [5.41, 5.74) is 0. The Morgan fingerprint density at radius 2 is 1.50 bits per heavy atom. The zero-order chi connectivity index (χ0) is 11.5. The minimum Gasteiger partial charge on any atom is -0.317 e. The molecule has 0 spiro atoms. The molecule has 1 N–H and O–H groups in total. The summed E-state index contributed by atoms with van der Waals surface area (Å²) in [4.78, 5) is 2.78. The smallest absolute Gasteiger partial charge is 0.00966 e. The molecule has 0 aromatic carbocycles. The fourth-order valence-electron chi connectivity index (χ4n) is 3.74. The largest absolute Gasteiger partial charge is 0.317 e. The molecule has 2 nitrogen and oxygen atoms in total. The third kappa shape index (κ3) is 2.98. The van der Waals surface area contributed by atoms with Crippen molar-refractivity contribution in [2.24, 2.45) is 11.8 Å². The van der Waals surface area contributed by atoms with Gasteiger partial charge >= 0.3 is 0 Å². The molecule has 2 fully saturated rings. The van der Waals surface area contributed by atoms with E-state index in [0.717, 1.165) is 23.9 Å². The number of hydrogen-bond acceptors (Lipinski definition) is 2. The molecule has 1 saturated heterocycles.